The van der Waals surface area contributed by atoms with E-state index in [1.54, 1.807) is 7.11 Å². The highest BCUT2D eigenvalue weighted by atomic mass is 32.1. The second-order valence-electron chi connectivity index (χ2n) is 3.81. The Morgan fingerprint density at radius 2 is 2.18 bits per heavy atom. The molecule has 0 aliphatic carbocycles. The van der Waals surface area contributed by atoms with Crippen molar-refractivity contribution < 1.29 is 14.3 Å². The van der Waals surface area contributed by atoms with E-state index in [4.69, 9.17) is 4.74 Å². The van der Waals surface area contributed by atoms with Crippen LogP contribution in [0.15, 0.2) is 0 Å². The lowest BCUT2D eigenvalue weighted by Gasteiger charge is -2.23. The molecule has 0 aliphatic rings. The molecule has 6 heteroatoms. The summed E-state index contributed by atoms with van der Waals surface area (Å²) in [5.41, 5.74) is 0.393. The highest BCUT2D eigenvalue weighted by Gasteiger charge is 2.19. The average Bonchev–Trinajstić information content (AvgIpc) is 2.69. The van der Waals surface area contributed by atoms with E-state index in [0.29, 0.717) is 12.3 Å². The normalized spacial score (nSPS) is 12.3. The first kappa shape index (κ1) is 13.9. The van der Waals surface area contributed by atoms with Crippen molar-refractivity contribution in [2.45, 2.75) is 19.9 Å². The van der Waals surface area contributed by atoms with E-state index in [2.05, 4.69) is 9.72 Å². The van der Waals surface area contributed by atoms with E-state index in [1.165, 1.54) is 18.4 Å². The lowest BCUT2D eigenvalue weighted by atomic mass is 10.3. The van der Waals surface area contributed by atoms with Crippen LogP contribution in [-0.4, -0.2) is 44.9 Å². The van der Waals surface area contributed by atoms with Crippen LogP contribution in [-0.2, 0) is 9.47 Å². The summed E-state index contributed by atoms with van der Waals surface area (Å²) in [6.45, 7) is 4.52. The Kier molecular flexibility index (Phi) is 4.89. The van der Waals surface area contributed by atoms with Gasteiger partial charge in [0.25, 0.3) is 0 Å². The Bertz CT molecular complexity index is 392. The summed E-state index contributed by atoms with van der Waals surface area (Å²) >= 11 is 1.48. The Labute approximate surface area is 105 Å². The molecule has 5 nitrogen and oxygen atoms in total. The third-order valence-corrected chi connectivity index (χ3v) is 3.60. The predicted molar refractivity (Wildman–Crippen MR) is 67.9 cm³/mol. The van der Waals surface area contributed by atoms with Crippen LogP contribution in [0, 0.1) is 6.92 Å². The zero-order valence-corrected chi connectivity index (χ0v) is 11.6. The number of ether oxygens (including phenoxy) is 2. The zero-order chi connectivity index (χ0) is 13.0. The molecule has 0 bridgehead atoms. The minimum Gasteiger partial charge on any atom is -0.464 e. The molecule has 0 radical (unpaired) electrons. The van der Waals surface area contributed by atoms with E-state index in [1.807, 2.05) is 25.8 Å². The van der Waals surface area contributed by atoms with Gasteiger partial charge < -0.3 is 14.4 Å². The number of hydrogen-bond acceptors (Lipinski definition) is 6. The number of carbonyl (C=O) groups excluding carboxylic acids is 1. The lowest BCUT2D eigenvalue weighted by Crippen LogP contribution is -2.32. The number of methoxy groups -OCH3 is 2. The maximum absolute atomic E-state index is 11.4. The van der Waals surface area contributed by atoms with Gasteiger partial charge in [-0.2, -0.15) is 0 Å². The zero-order valence-electron chi connectivity index (χ0n) is 10.8. The summed E-state index contributed by atoms with van der Waals surface area (Å²) in [6, 6.07) is 0.205. The number of carbonyl (C=O) groups is 1. The average molecular weight is 258 g/mol. The molecule has 1 unspecified atom stereocenters. The monoisotopic (exact) mass is 258 g/mol. The number of anilines is 1. The third kappa shape index (κ3) is 3.17. The molecule has 0 spiro atoms. The van der Waals surface area contributed by atoms with E-state index in [-0.39, 0.29) is 6.04 Å². The van der Waals surface area contributed by atoms with Gasteiger partial charge in [0.05, 0.1) is 19.8 Å². The Morgan fingerprint density at radius 1 is 1.53 bits per heavy atom. The van der Waals surface area contributed by atoms with Gasteiger partial charge in [0, 0.05) is 19.0 Å². The molecule has 1 heterocycles. The van der Waals surface area contributed by atoms with Crippen molar-refractivity contribution in [1.82, 2.24) is 4.98 Å². The van der Waals surface area contributed by atoms with Crippen LogP contribution < -0.4 is 4.90 Å². The number of esters is 1. The van der Waals surface area contributed by atoms with Gasteiger partial charge in [-0.25, -0.2) is 9.78 Å². The summed E-state index contributed by atoms with van der Waals surface area (Å²) < 4.78 is 9.78. The van der Waals surface area contributed by atoms with E-state index in [0.717, 1.165) is 10.0 Å². The van der Waals surface area contributed by atoms with E-state index in [9.17, 15) is 4.79 Å². The molecule has 1 atom stereocenters. The molecule has 1 aromatic heterocycles. The molecule has 0 fully saturated rings. The van der Waals surface area contributed by atoms with E-state index >= 15 is 0 Å². The second kappa shape index (κ2) is 5.97. The van der Waals surface area contributed by atoms with Crippen molar-refractivity contribution in [3.63, 3.8) is 0 Å². The van der Waals surface area contributed by atoms with Gasteiger partial charge in [-0.15, -0.1) is 11.3 Å². The molecule has 0 N–H and O–H groups in total. The summed E-state index contributed by atoms with van der Waals surface area (Å²) in [6.07, 6.45) is 0. The van der Waals surface area contributed by atoms with Gasteiger partial charge in [-0.1, -0.05) is 0 Å². The first-order valence-electron chi connectivity index (χ1n) is 5.28. The van der Waals surface area contributed by atoms with E-state index < -0.39 is 5.97 Å². The topological polar surface area (TPSA) is 51.7 Å². The SMILES string of the molecule is COCC(C)N(C)c1nc(C(=O)OC)c(C)s1. The number of aryl methyl sites for hydroxylation is 1. The smallest absolute Gasteiger partial charge is 0.357 e. The number of aromatic nitrogens is 1. The third-order valence-electron chi connectivity index (χ3n) is 2.53. The van der Waals surface area contributed by atoms with Crippen LogP contribution in [0.2, 0.25) is 0 Å². The molecule has 96 valence electrons. The first-order chi connectivity index (χ1) is 8.01. The molecule has 0 aromatic carbocycles. The molecule has 0 amide bonds. The van der Waals surface area contributed by atoms with Crippen molar-refractivity contribution in [3.05, 3.63) is 10.6 Å². The minimum absolute atomic E-state index is 0.205. The Hall–Kier alpha value is -1.14. The minimum atomic E-state index is -0.391. The molecule has 1 aromatic rings. The molecular formula is C11H18N2O3S. The Morgan fingerprint density at radius 3 is 2.71 bits per heavy atom. The predicted octanol–water partition coefficient (Wildman–Crippen LogP) is 1.71. The molecule has 0 saturated heterocycles. The number of likely N-dealkylation sites (N-methyl/N-ethyl adjacent to an activating group) is 1. The fraction of sp³-hybridized carbons (Fsp3) is 0.636. The first-order valence-corrected chi connectivity index (χ1v) is 6.10. The number of nitrogens with zero attached hydrogens (tertiary/aromatic N) is 2. The van der Waals surface area contributed by atoms with Crippen LogP contribution in [0.5, 0.6) is 0 Å². The highest BCUT2D eigenvalue weighted by molar-refractivity contribution is 7.15. The van der Waals surface area contributed by atoms with Gasteiger partial charge in [0.2, 0.25) is 0 Å². The van der Waals surface area contributed by atoms with Crippen LogP contribution >= 0.6 is 11.3 Å². The summed E-state index contributed by atoms with van der Waals surface area (Å²) in [5, 5.41) is 0.799. The van der Waals surface area contributed by atoms with Crippen molar-refractivity contribution in [2.75, 3.05) is 32.8 Å². The summed E-state index contributed by atoms with van der Waals surface area (Å²) in [5.74, 6) is -0.391. The van der Waals surface area contributed by atoms with Crippen molar-refractivity contribution in [2.24, 2.45) is 0 Å². The molecule has 0 aliphatic heterocycles. The fourth-order valence-electron chi connectivity index (χ4n) is 1.36. The van der Waals surface area contributed by atoms with Crippen molar-refractivity contribution in [1.29, 1.82) is 0 Å². The summed E-state index contributed by atoms with van der Waals surface area (Å²) in [4.78, 5) is 18.6. The number of thiazole rings is 1. The van der Waals surface area contributed by atoms with Gasteiger partial charge in [0.1, 0.15) is 0 Å². The van der Waals surface area contributed by atoms with Crippen molar-refractivity contribution >= 4 is 22.4 Å². The number of hydrogen-bond donors (Lipinski definition) is 0. The molecule has 1 rings (SSSR count). The van der Waals surface area contributed by atoms with Crippen LogP contribution in [0.25, 0.3) is 0 Å². The van der Waals surface area contributed by atoms with Gasteiger partial charge >= 0.3 is 5.97 Å². The maximum Gasteiger partial charge on any atom is 0.357 e. The quantitative estimate of drug-likeness (QED) is 0.753. The highest BCUT2D eigenvalue weighted by Crippen LogP contribution is 2.26. The molecular weight excluding hydrogens is 240 g/mol. The maximum atomic E-state index is 11.4. The standard InChI is InChI=1S/C11H18N2O3S/c1-7(6-15-4)13(3)11-12-9(8(2)17-11)10(14)16-5/h7H,6H2,1-5H3. The van der Waals surface area contributed by atoms with Crippen LogP contribution in [0.3, 0.4) is 0 Å². The second-order valence-corrected chi connectivity index (χ2v) is 4.99. The largest absolute Gasteiger partial charge is 0.464 e. The van der Waals surface area contributed by atoms with Crippen LogP contribution in [0.1, 0.15) is 22.3 Å². The van der Waals surface area contributed by atoms with Gasteiger partial charge in [-0.05, 0) is 13.8 Å². The lowest BCUT2D eigenvalue weighted by molar-refractivity contribution is 0.0594. The Balaban J connectivity index is 2.89. The molecule has 17 heavy (non-hydrogen) atoms. The fourth-order valence-corrected chi connectivity index (χ4v) is 2.32. The van der Waals surface area contributed by atoms with Crippen molar-refractivity contribution in [3.8, 4) is 0 Å². The summed E-state index contributed by atoms with van der Waals surface area (Å²) in [7, 11) is 4.96. The van der Waals surface area contributed by atoms with Crippen LogP contribution in [0.4, 0.5) is 5.13 Å². The van der Waals surface area contributed by atoms with Gasteiger partial charge in [0.15, 0.2) is 10.8 Å². The van der Waals surface area contributed by atoms with Gasteiger partial charge in [-0.3, -0.25) is 0 Å². The molecule has 0 saturated carbocycles. The number of rotatable bonds is 5.